The van der Waals surface area contributed by atoms with Gasteiger partial charge in [-0.05, 0) is 32.6 Å². The normalized spacial score (nSPS) is 33.0. The standard InChI is InChI=1S/C15H24N2O3/c1-2-20-12-8-11(9-12)17-10-13(18)16-15(14(17)19)6-4-3-5-7-15/h11-12H,2-10H2,1H3,(H,16,18). The lowest BCUT2D eigenvalue weighted by molar-refractivity contribution is -0.159. The predicted molar refractivity (Wildman–Crippen MR) is 74.1 cm³/mol. The number of rotatable bonds is 3. The zero-order chi connectivity index (χ0) is 14.2. The molecule has 1 N–H and O–H groups in total. The molecule has 1 aliphatic heterocycles. The third-order valence-corrected chi connectivity index (χ3v) is 4.98. The molecule has 3 rings (SSSR count). The van der Waals surface area contributed by atoms with Crippen molar-refractivity contribution in [1.82, 2.24) is 10.2 Å². The molecule has 20 heavy (non-hydrogen) atoms. The summed E-state index contributed by atoms with van der Waals surface area (Å²) in [6.45, 7) is 2.93. The minimum atomic E-state index is -0.593. The lowest BCUT2D eigenvalue weighted by atomic mass is 9.77. The number of nitrogens with one attached hydrogen (secondary N) is 1. The van der Waals surface area contributed by atoms with E-state index in [1.165, 1.54) is 6.42 Å². The van der Waals surface area contributed by atoms with Crippen molar-refractivity contribution in [2.45, 2.75) is 69.6 Å². The van der Waals surface area contributed by atoms with Crippen LogP contribution in [0.25, 0.3) is 0 Å². The number of hydrogen-bond acceptors (Lipinski definition) is 3. The first kappa shape index (κ1) is 13.9. The Bertz CT molecular complexity index is 398. The summed E-state index contributed by atoms with van der Waals surface area (Å²) in [5.74, 6) is 0.156. The van der Waals surface area contributed by atoms with Gasteiger partial charge in [-0.3, -0.25) is 9.59 Å². The average Bonchev–Trinajstić information content (AvgIpc) is 2.39. The molecule has 5 nitrogen and oxygen atoms in total. The highest BCUT2D eigenvalue weighted by atomic mass is 16.5. The fraction of sp³-hybridized carbons (Fsp3) is 0.867. The Hall–Kier alpha value is -1.10. The third-order valence-electron chi connectivity index (χ3n) is 4.98. The van der Waals surface area contributed by atoms with Gasteiger partial charge in [-0.1, -0.05) is 19.3 Å². The zero-order valence-corrected chi connectivity index (χ0v) is 12.2. The Balaban J connectivity index is 1.69. The van der Waals surface area contributed by atoms with Gasteiger partial charge in [0.1, 0.15) is 5.54 Å². The van der Waals surface area contributed by atoms with Gasteiger partial charge >= 0.3 is 0 Å². The van der Waals surface area contributed by atoms with Crippen LogP contribution < -0.4 is 5.32 Å². The van der Waals surface area contributed by atoms with E-state index in [9.17, 15) is 9.59 Å². The summed E-state index contributed by atoms with van der Waals surface area (Å²) in [4.78, 5) is 26.6. The smallest absolute Gasteiger partial charge is 0.249 e. The number of carbonyl (C=O) groups is 2. The first-order valence-electron chi connectivity index (χ1n) is 7.88. The van der Waals surface area contributed by atoms with Gasteiger partial charge in [0.25, 0.3) is 0 Å². The Labute approximate surface area is 120 Å². The fourth-order valence-corrected chi connectivity index (χ4v) is 3.81. The molecule has 0 atom stereocenters. The average molecular weight is 280 g/mol. The minimum Gasteiger partial charge on any atom is -0.378 e. The fourth-order valence-electron chi connectivity index (χ4n) is 3.81. The summed E-state index contributed by atoms with van der Waals surface area (Å²) in [6, 6.07) is 0.198. The molecule has 1 heterocycles. The molecule has 1 spiro atoms. The van der Waals surface area contributed by atoms with Crippen LogP contribution in [0.2, 0.25) is 0 Å². The topological polar surface area (TPSA) is 58.6 Å². The van der Waals surface area contributed by atoms with Crippen molar-refractivity contribution in [3.05, 3.63) is 0 Å². The molecule has 3 fully saturated rings. The summed E-state index contributed by atoms with van der Waals surface area (Å²) >= 11 is 0. The number of hydrogen-bond donors (Lipinski definition) is 1. The monoisotopic (exact) mass is 280 g/mol. The molecule has 112 valence electrons. The second-order valence-electron chi connectivity index (χ2n) is 6.33. The molecule has 2 saturated carbocycles. The highest BCUT2D eigenvalue weighted by molar-refractivity contribution is 5.98. The van der Waals surface area contributed by atoms with Crippen LogP contribution in [0.1, 0.15) is 51.9 Å². The van der Waals surface area contributed by atoms with Crippen molar-refractivity contribution in [2.24, 2.45) is 0 Å². The third kappa shape index (κ3) is 2.32. The molecule has 1 saturated heterocycles. The van der Waals surface area contributed by atoms with Crippen LogP contribution in [0.5, 0.6) is 0 Å². The van der Waals surface area contributed by atoms with E-state index in [1.54, 1.807) is 0 Å². The zero-order valence-electron chi connectivity index (χ0n) is 12.2. The van der Waals surface area contributed by atoms with E-state index in [0.717, 1.165) is 45.1 Å². The van der Waals surface area contributed by atoms with Crippen molar-refractivity contribution in [2.75, 3.05) is 13.2 Å². The summed E-state index contributed by atoms with van der Waals surface area (Å²) in [6.07, 6.45) is 6.86. The van der Waals surface area contributed by atoms with E-state index < -0.39 is 5.54 Å². The first-order chi connectivity index (χ1) is 9.64. The summed E-state index contributed by atoms with van der Waals surface area (Å²) in [5, 5.41) is 2.99. The van der Waals surface area contributed by atoms with Gasteiger partial charge in [0.05, 0.1) is 12.6 Å². The van der Waals surface area contributed by atoms with E-state index >= 15 is 0 Å². The van der Waals surface area contributed by atoms with Crippen molar-refractivity contribution >= 4 is 11.8 Å². The maximum Gasteiger partial charge on any atom is 0.249 e. The van der Waals surface area contributed by atoms with Crippen LogP contribution in [0.4, 0.5) is 0 Å². The quantitative estimate of drug-likeness (QED) is 0.845. The highest BCUT2D eigenvalue weighted by Gasteiger charge is 2.50. The number of amides is 2. The molecule has 3 aliphatic rings. The lowest BCUT2D eigenvalue weighted by Crippen LogP contribution is -2.70. The number of piperazine rings is 1. The molecule has 0 aromatic carbocycles. The van der Waals surface area contributed by atoms with E-state index in [2.05, 4.69) is 5.32 Å². The van der Waals surface area contributed by atoms with E-state index in [4.69, 9.17) is 4.74 Å². The highest BCUT2D eigenvalue weighted by Crippen LogP contribution is 2.36. The Kier molecular flexibility index (Phi) is 3.71. The molecule has 0 unspecified atom stereocenters. The van der Waals surface area contributed by atoms with Crippen molar-refractivity contribution < 1.29 is 14.3 Å². The molecule has 0 aromatic heterocycles. The van der Waals surface area contributed by atoms with Gasteiger partial charge in [0, 0.05) is 12.6 Å². The summed E-state index contributed by atoms with van der Waals surface area (Å²) in [7, 11) is 0. The molecular weight excluding hydrogens is 256 g/mol. The maximum absolute atomic E-state index is 12.8. The first-order valence-corrected chi connectivity index (χ1v) is 7.88. The van der Waals surface area contributed by atoms with Crippen LogP contribution >= 0.6 is 0 Å². The van der Waals surface area contributed by atoms with Crippen LogP contribution in [0, 0.1) is 0 Å². The molecule has 2 aliphatic carbocycles. The van der Waals surface area contributed by atoms with E-state index in [1.807, 2.05) is 11.8 Å². The van der Waals surface area contributed by atoms with Gasteiger partial charge < -0.3 is 15.0 Å². The van der Waals surface area contributed by atoms with Crippen molar-refractivity contribution in [3.63, 3.8) is 0 Å². The molecule has 0 aromatic rings. The lowest BCUT2D eigenvalue weighted by Gasteiger charge is -2.50. The summed E-state index contributed by atoms with van der Waals surface area (Å²) < 4.78 is 5.56. The van der Waals surface area contributed by atoms with Crippen LogP contribution in [0.3, 0.4) is 0 Å². The molecule has 0 radical (unpaired) electrons. The molecular formula is C15H24N2O3. The van der Waals surface area contributed by atoms with Gasteiger partial charge in [-0.2, -0.15) is 0 Å². The number of nitrogens with zero attached hydrogens (tertiary/aromatic N) is 1. The molecule has 2 amide bonds. The Morgan fingerprint density at radius 3 is 2.60 bits per heavy atom. The van der Waals surface area contributed by atoms with Crippen LogP contribution in [-0.4, -0.2) is 47.6 Å². The molecule has 0 bridgehead atoms. The van der Waals surface area contributed by atoms with Crippen LogP contribution in [0.15, 0.2) is 0 Å². The SMILES string of the molecule is CCOC1CC(N2CC(=O)NC3(CCCCC3)C2=O)C1. The Morgan fingerprint density at radius 1 is 1.25 bits per heavy atom. The van der Waals surface area contributed by atoms with Gasteiger partial charge in [-0.15, -0.1) is 0 Å². The predicted octanol–water partition coefficient (Wildman–Crippen LogP) is 1.22. The summed E-state index contributed by atoms with van der Waals surface area (Å²) in [5.41, 5.74) is -0.593. The van der Waals surface area contributed by atoms with E-state index in [-0.39, 0.29) is 30.5 Å². The van der Waals surface area contributed by atoms with Crippen molar-refractivity contribution in [3.8, 4) is 0 Å². The van der Waals surface area contributed by atoms with Gasteiger partial charge in [0.15, 0.2) is 0 Å². The largest absolute Gasteiger partial charge is 0.378 e. The van der Waals surface area contributed by atoms with E-state index in [0.29, 0.717) is 0 Å². The maximum atomic E-state index is 12.8. The molecule has 5 heteroatoms. The van der Waals surface area contributed by atoms with Crippen molar-refractivity contribution in [1.29, 1.82) is 0 Å². The second kappa shape index (κ2) is 5.35. The van der Waals surface area contributed by atoms with Gasteiger partial charge in [-0.25, -0.2) is 0 Å². The van der Waals surface area contributed by atoms with Gasteiger partial charge in [0.2, 0.25) is 11.8 Å². The van der Waals surface area contributed by atoms with Crippen LogP contribution in [-0.2, 0) is 14.3 Å². The minimum absolute atomic E-state index is 0.00589. The Morgan fingerprint density at radius 2 is 1.95 bits per heavy atom. The number of ether oxygens (including phenoxy) is 1. The number of carbonyl (C=O) groups excluding carboxylic acids is 2. The second-order valence-corrected chi connectivity index (χ2v) is 6.33.